The van der Waals surface area contributed by atoms with Gasteiger partial charge in [-0.1, -0.05) is 17.7 Å². The molecule has 3 nitrogen and oxygen atoms in total. The second kappa shape index (κ2) is 4.85. The first kappa shape index (κ1) is 11.4. The van der Waals surface area contributed by atoms with Crippen molar-refractivity contribution in [2.75, 3.05) is 13.2 Å². The molecule has 0 N–H and O–H groups in total. The van der Waals surface area contributed by atoms with Crippen molar-refractivity contribution < 1.29 is 9.63 Å². The molecule has 4 heteroatoms. The van der Waals surface area contributed by atoms with Crippen LogP contribution in [0.1, 0.15) is 28.8 Å². The predicted octanol–water partition coefficient (Wildman–Crippen LogP) is 2.82. The van der Waals surface area contributed by atoms with Gasteiger partial charge in [-0.05, 0) is 37.5 Å². The average molecular weight is 240 g/mol. The zero-order valence-electron chi connectivity index (χ0n) is 9.20. The number of nitrogens with zero attached hydrogens (tertiary/aromatic N) is 1. The summed E-state index contributed by atoms with van der Waals surface area (Å²) >= 11 is 6.04. The van der Waals surface area contributed by atoms with Crippen LogP contribution < -0.4 is 0 Å². The molecule has 0 bridgehead atoms. The second-order valence-electron chi connectivity index (χ2n) is 3.93. The molecule has 1 aromatic rings. The maximum absolute atomic E-state index is 12.0. The number of rotatable bonds is 1. The highest BCUT2D eigenvalue weighted by atomic mass is 35.5. The van der Waals surface area contributed by atoms with E-state index in [2.05, 4.69) is 0 Å². The van der Waals surface area contributed by atoms with Crippen LogP contribution in [0.25, 0.3) is 0 Å². The van der Waals surface area contributed by atoms with Gasteiger partial charge < -0.3 is 0 Å². The second-order valence-corrected chi connectivity index (χ2v) is 4.34. The quantitative estimate of drug-likeness (QED) is 0.754. The Bertz CT molecular complexity index is 400. The first-order chi connectivity index (χ1) is 7.68. The number of halogens is 1. The molecule has 86 valence electrons. The Morgan fingerprint density at radius 1 is 1.44 bits per heavy atom. The van der Waals surface area contributed by atoms with E-state index in [-0.39, 0.29) is 5.91 Å². The van der Waals surface area contributed by atoms with Crippen LogP contribution in [0.5, 0.6) is 0 Å². The smallest absolute Gasteiger partial charge is 0.271 e. The van der Waals surface area contributed by atoms with Gasteiger partial charge in [0.1, 0.15) is 0 Å². The first-order valence-electron chi connectivity index (χ1n) is 5.39. The van der Waals surface area contributed by atoms with E-state index in [1.54, 1.807) is 12.1 Å². The number of carbonyl (C=O) groups excluding carboxylic acids is 1. The van der Waals surface area contributed by atoms with E-state index in [4.69, 9.17) is 16.4 Å². The van der Waals surface area contributed by atoms with Crippen molar-refractivity contribution in [3.05, 3.63) is 34.3 Å². The Hall–Kier alpha value is -1.06. The van der Waals surface area contributed by atoms with E-state index < -0.39 is 0 Å². The van der Waals surface area contributed by atoms with Crippen molar-refractivity contribution in [1.82, 2.24) is 5.06 Å². The predicted molar refractivity (Wildman–Crippen MR) is 62.4 cm³/mol. The van der Waals surface area contributed by atoms with Crippen LogP contribution in [0.4, 0.5) is 0 Å². The lowest BCUT2D eigenvalue weighted by Gasteiger charge is -2.26. The molecule has 1 aromatic carbocycles. The maximum Gasteiger partial charge on any atom is 0.278 e. The van der Waals surface area contributed by atoms with Crippen LogP contribution in [0.3, 0.4) is 0 Å². The van der Waals surface area contributed by atoms with Crippen LogP contribution in [-0.2, 0) is 4.84 Å². The molecule has 1 heterocycles. The van der Waals surface area contributed by atoms with Crippen LogP contribution in [-0.4, -0.2) is 24.1 Å². The summed E-state index contributed by atoms with van der Waals surface area (Å²) in [4.78, 5) is 17.4. The summed E-state index contributed by atoms with van der Waals surface area (Å²) in [5.74, 6) is -0.148. The van der Waals surface area contributed by atoms with Gasteiger partial charge in [0.2, 0.25) is 0 Å². The largest absolute Gasteiger partial charge is 0.278 e. The highest BCUT2D eigenvalue weighted by Gasteiger charge is 2.21. The Morgan fingerprint density at radius 2 is 2.25 bits per heavy atom. The van der Waals surface area contributed by atoms with Crippen molar-refractivity contribution in [2.45, 2.75) is 19.8 Å². The van der Waals surface area contributed by atoms with E-state index >= 15 is 0 Å². The molecule has 2 rings (SSSR count). The lowest BCUT2D eigenvalue weighted by molar-refractivity contribution is -0.144. The highest BCUT2D eigenvalue weighted by molar-refractivity contribution is 6.33. The maximum atomic E-state index is 12.0. The van der Waals surface area contributed by atoms with Gasteiger partial charge in [-0.3, -0.25) is 9.63 Å². The van der Waals surface area contributed by atoms with Gasteiger partial charge in [0.15, 0.2) is 0 Å². The number of hydroxylamine groups is 2. The molecule has 1 saturated heterocycles. The Morgan fingerprint density at radius 3 is 2.88 bits per heavy atom. The third-order valence-corrected chi connectivity index (χ3v) is 2.90. The molecular weight excluding hydrogens is 226 g/mol. The zero-order valence-corrected chi connectivity index (χ0v) is 9.96. The Balaban J connectivity index is 2.19. The van der Waals surface area contributed by atoms with Crippen LogP contribution in [0.2, 0.25) is 5.02 Å². The fraction of sp³-hybridized carbons (Fsp3) is 0.417. The Kier molecular flexibility index (Phi) is 3.46. The summed E-state index contributed by atoms with van der Waals surface area (Å²) in [6.07, 6.45) is 1.99. The normalized spacial score (nSPS) is 16.2. The topological polar surface area (TPSA) is 29.5 Å². The van der Waals surface area contributed by atoms with Gasteiger partial charge in [0.05, 0.1) is 17.2 Å². The van der Waals surface area contributed by atoms with Gasteiger partial charge in [0.25, 0.3) is 5.91 Å². The van der Waals surface area contributed by atoms with E-state index in [1.165, 1.54) is 5.06 Å². The number of benzene rings is 1. The van der Waals surface area contributed by atoms with Crippen LogP contribution >= 0.6 is 11.6 Å². The number of aryl methyl sites for hydroxylation is 1. The van der Waals surface area contributed by atoms with Gasteiger partial charge in [0, 0.05) is 6.54 Å². The molecule has 0 unspecified atom stereocenters. The van der Waals surface area contributed by atoms with E-state index in [0.717, 1.165) is 18.4 Å². The molecule has 1 aliphatic heterocycles. The van der Waals surface area contributed by atoms with Gasteiger partial charge in [-0.25, -0.2) is 5.06 Å². The fourth-order valence-electron chi connectivity index (χ4n) is 1.68. The number of amides is 1. The fourth-order valence-corrected chi connectivity index (χ4v) is 2.00. The van der Waals surface area contributed by atoms with Crippen molar-refractivity contribution >= 4 is 17.5 Å². The number of hydrogen-bond acceptors (Lipinski definition) is 2. The molecule has 1 aliphatic rings. The minimum atomic E-state index is -0.148. The third kappa shape index (κ3) is 2.36. The van der Waals surface area contributed by atoms with Crippen LogP contribution in [0, 0.1) is 6.92 Å². The van der Waals surface area contributed by atoms with E-state index in [0.29, 0.717) is 23.7 Å². The molecule has 0 radical (unpaired) electrons. The minimum absolute atomic E-state index is 0.148. The number of hydrogen-bond donors (Lipinski definition) is 0. The van der Waals surface area contributed by atoms with Crippen molar-refractivity contribution in [2.24, 2.45) is 0 Å². The summed E-state index contributed by atoms with van der Waals surface area (Å²) in [6, 6.07) is 5.42. The molecule has 0 aliphatic carbocycles. The standard InChI is InChI=1S/C12H14ClNO2/c1-9-4-5-10(11(13)8-9)12(15)14-6-2-3-7-16-14/h4-5,8H,2-3,6-7H2,1H3. The number of carbonyl (C=O) groups is 1. The summed E-state index contributed by atoms with van der Waals surface area (Å²) in [7, 11) is 0. The van der Waals surface area contributed by atoms with Gasteiger partial charge in [-0.2, -0.15) is 0 Å². The van der Waals surface area contributed by atoms with E-state index in [9.17, 15) is 4.79 Å². The van der Waals surface area contributed by atoms with Crippen molar-refractivity contribution in [3.8, 4) is 0 Å². The summed E-state index contributed by atoms with van der Waals surface area (Å²) in [5.41, 5.74) is 1.55. The van der Waals surface area contributed by atoms with Crippen molar-refractivity contribution in [3.63, 3.8) is 0 Å². The monoisotopic (exact) mass is 239 g/mol. The lowest BCUT2D eigenvalue weighted by Crippen LogP contribution is -2.35. The summed E-state index contributed by atoms with van der Waals surface area (Å²) in [5, 5.41) is 1.89. The molecule has 0 spiro atoms. The summed E-state index contributed by atoms with van der Waals surface area (Å²) < 4.78 is 0. The lowest BCUT2D eigenvalue weighted by atomic mass is 10.1. The molecule has 0 saturated carbocycles. The highest BCUT2D eigenvalue weighted by Crippen LogP contribution is 2.20. The molecule has 16 heavy (non-hydrogen) atoms. The molecule has 1 amide bonds. The van der Waals surface area contributed by atoms with Crippen molar-refractivity contribution in [1.29, 1.82) is 0 Å². The Labute approximate surface area is 99.9 Å². The molecule has 1 fully saturated rings. The first-order valence-corrected chi connectivity index (χ1v) is 5.77. The van der Waals surface area contributed by atoms with Crippen LogP contribution in [0.15, 0.2) is 18.2 Å². The van der Waals surface area contributed by atoms with E-state index in [1.807, 2.05) is 13.0 Å². The molecular formula is C12H14ClNO2. The molecule has 0 atom stereocenters. The van der Waals surface area contributed by atoms with Gasteiger partial charge in [-0.15, -0.1) is 0 Å². The third-order valence-electron chi connectivity index (χ3n) is 2.58. The van der Waals surface area contributed by atoms with Gasteiger partial charge >= 0.3 is 0 Å². The zero-order chi connectivity index (χ0) is 11.5. The molecule has 0 aromatic heterocycles. The SMILES string of the molecule is Cc1ccc(C(=O)N2CCCCO2)c(Cl)c1. The minimum Gasteiger partial charge on any atom is -0.271 e. The average Bonchev–Trinajstić information content (AvgIpc) is 2.29. The summed E-state index contributed by atoms with van der Waals surface area (Å²) in [6.45, 7) is 3.19.